The molecule has 12 nitrogen and oxygen atoms in total. The molecule has 6 rings (SSSR count). The van der Waals surface area contributed by atoms with Gasteiger partial charge < -0.3 is 34.2 Å². The highest BCUT2D eigenvalue weighted by molar-refractivity contribution is 9.11. The number of carbonyl (C=O) groups is 4. The number of para-hydroxylation sites is 1. The van der Waals surface area contributed by atoms with Crippen molar-refractivity contribution in [1.82, 2.24) is 19.6 Å². The van der Waals surface area contributed by atoms with E-state index in [0.717, 1.165) is 62.4 Å². The van der Waals surface area contributed by atoms with Crippen LogP contribution in [0.1, 0.15) is 36.8 Å². The molecule has 48 heavy (non-hydrogen) atoms. The van der Waals surface area contributed by atoms with Crippen molar-refractivity contribution < 1.29 is 33.4 Å². The number of anilines is 1. The van der Waals surface area contributed by atoms with E-state index < -0.39 is 12.2 Å². The van der Waals surface area contributed by atoms with Gasteiger partial charge in [0.05, 0.1) is 8.95 Å². The number of fused-ring (bicyclic) bond motifs is 1. The van der Waals surface area contributed by atoms with Crippen molar-refractivity contribution in [2.45, 2.75) is 56.7 Å². The summed E-state index contributed by atoms with van der Waals surface area (Å²) in [7, 11) is 0. The molecule has 0 saturated carbocycles. The number of amides is 4. The molecule has 0 aliphatic carbocycles. The normalized spacial score (nSPS) is 20.4. The van der Waals surface area contributed by atoms with Gasteiger partial charge in [0.15, 0.2) is 11.9 Å². The van der Waals surface area contributed by atoms with E-state index >= 15 is 0 Å². The maximum absolute atomic E-state index is 14.0. The minimum absolute atomic E-state index is 0.00499. The first-order chi connectivity index (χ1) is 23.3. The molecule has 3 fully saturated rings. The lowest BCUT2D eigenvalue weighted by molar-refractivity contribution is -0.143. The molecule has 4 amide bonds. The number of piperazine rings is 1. The molecule has 1 N–H and O–H groups in total. The lowest BCUT2D eigenvalue weighted by Crippen LogP contribution is -2.56. The van der Waals surface area contributed by atoms with Crippen molar-refractivity contribution in [3.05, 3.63) is 56.5 Å². The average molecular weight is 792 g/mol. The molecule has 2 aromatic rings. The Hall–Kier alpha value is -3.20. The summed E-state index contributed by atoms with van der Waals surface area (Å²) in [5.41, 5.74) is 2.68. The van der Waals surface area contributed by atoms with Crippen LogP contribution in [-0.2, 0) is 31.9 Å². The number of nitrogens with one attached hydrogen (secondary N) is 1. The third-order valence-corrected chi connectivity index (χ3v) is 11.0. The van der Waals surface area contributed by atoms with Gasteiger partial charge in [-0.2, -0.15) is 0 Å². The van der Waals surface area contributed by atoms with E-state index in [1.165, 1.54) is 0 Å². The Kier molecular flexibility index (Phi) is 11.6. The van der Waals surface area contributed by atoms with Crippen LogP contribution in [0.2, 0.25) is 0 Å². The van der Waals surface area contributed by atoms with E-state index in [1.807, 2.05) is 29.2 Å². The summed E-state index contributed by atoms with van der Waals surface area (Å²) in [4.78, 5) is 59.4. The van der Waals surface area contributed by atoms with E-state index in [4.69, 9.17) is 14.2 Å². The first-order valence-electron chi connectivity index (χ1n) is 16.6. The second kappa shape index (κ2) is 16.0. The zero-order valence-corrected chi connectivity index (χ0v) is 30.0. The number of benzene rings is 2. The number of carbonyl (C=O) groups excluding carboxylic acids is 4. The molecule has 0 aromatic heterocycles. The highest BCUT2D eigenvalue weighted by atomic mass is 79.9. The van der Waals surface area contributed by atoms with Gasteiger partial charge in [0.2, 0.25) is 0 Å². The van der Waals surface area contributed by atoms with Gasteiger partial charge in [-0.25, -0.2) is 9.59 Å². The molecule has 3 saturated heterocycles. The average Bonchev–Trinajstić information content (AvgIpc) is 3.27. The molecule has 4 heterocycles. The van der Waals surface area contributed by atoms with Gasteiger partial charge in [0.1, 0.15) is 0 Å². The zero-order valence-electron chi connectivity index (χ0n) is 26.8. The third-order valence-electron chi connectivity index (χ3n) is 9.80. The van der Waals surface area contributed by atoms with Gasteiger partial charge >= 0.3 is 12.1 Å². The quantitative estimate of drug-likeness (QED) is 0.384. The summed E-state index contributed by atoms with van der Waals surface area (Å²) >= 11 is 6.89. The summed E-state index contributed by atoms with van der Waals surface area (Å²) in [6.45, 7) is 5.94. The number of halogens is 2. The SMILES string of the molecule is O=COc1c(Br)cc(C[C@@H](OC(=O)N2CCC(N3CCc4ccccc4NC3=O)CC2)C(=O)N2CCN(C3CCOCC3)CC2)cc1Br. The molecule has 0 spiro atoms. The Labute approximate surface area is 297 Å². The Morgan fingerprint density at radius 2 is 1.60 bits per heavy atom. The third kappa shape index (κ3) is 8.15. The lowest BCUT2D eigenvalue weighted by atomic mass is 10.0. The van der Waals surface area contributed by atoms with Crippen molar-refractivity contribution in [3.63, 3.8) is 0 Å². The Bertz CT molecular complexity index is 1470. The minimum atomic E-state index is -1.05. The molecule has 14 heteroatoms. The minimum Gasteiger partial charge on any atom is -0.436 e. The maximum atomic E-state index is 14.0. The van der Waals surface area contributed by atoms with Crippen LogP contribution in [-0.4, -0.2) is 121 Å². The lowest BCUT2D eigenvalue weighted by Gasteiger charge is -2.41. The smallest absolute Gasteiger partial charge is 0.410 e. The number of ether oxygens (including phenoxy) is 3. The highest BCUT2D eigenvalue weighted by Gasteiger charge is 2.36. The first-order valence-corrected chi connectivity index (χ1v) is 18.2. The number of likely N-dealkylation sites (tertiary alicyclic amines) is 1. The van der Waals surface area contributed by atoms with E-state index in [-0.39, 0.29) is 24.4 Å². The van der Waals surface area contributed by atoms with Crippen LogP contribution in [0.15, 0.2) is 45.3 Å². The van der Waals surface area contributed by atoms with Crippen LogP contribution < -0.4 is 10.1 Å². The summed E-state index contributed by atoms with van der Waals surface area (Å²) in [5.74, 6) is 0.0915. The topological polar surface area (TPSA) is 121 Å². The highest BCUT2D eigenvalue weighted by Crippen LogP contribution is 2.35. The van der Waals surface area contributed by atoms with Crippen LogP contribution in [0, 0.1) is 0 Å². The molecule has 0 unspecified atom stereocenters. The molecular weight excluding hydrogens is 750 g/mol. The number of rotatable bonds is 8. The number of nitrogens with zero attached hydrogens (tertiary/aromatic N) is 4. The Morgan fingerprint density at radius 3 is 2.29 bits per heavy atom. The van der Waals surface area contributed by atoms with Crippen molar-refractivity contribution in [1.29, 1.82) is 0 Å². The van der Waals surface area contributed by atoms with E-state index in [9.17, 15) is 19.2 Å². The molecule has 1 atom stereocenters. The van der Waals surface area contributed by atoms with Gasteiger partial charge in [0.25, 0.3) is 12.4 Å². The van der Waals surface area contributed by atoms with Crippen molar-refractivity contribution >= 4 is 62.1 Å². The summed E-state index contributed by atoms with van der Waals surface area (Å²) in [5, 5.41) is 3.04. The summed E-state index contributed by atoms with van der Waals surface area (Å²) in [6.07, 6.45) is 2.54. The van der Waals surface area contributed by atoms with E-state index in [0.29, 0.717) is 72.8 Å². The summed E-state index contributed by atoms with van der Waals surface area (Å²) < 4.78 is 17.7. The molecule has 258 valence electrons. The monoisotopic (exact) mass is 789 g/mol. The van der Waals surface area contributed by atoms with Crippen LogP contribution in [0.3, 0.4) is 0 Å². The van der Waals surface area contributed by atoms with Crippen LogP contribution in [0.5, 0.6) is 5.75 Å². The van der Waals surface area contributed by atoms with Crippen molar-refractivity contribution in [3.8, 4) is 5.75 Å². The Morgan fingerprint density at radius 1 is 0.917 bits per heavy atom. The zero-order chi connectivity index (χ0) is 33.6. The van der Waals surface area contributed by atoms with Crippen LogP contribution in [0.4, 0.5) is 15.3 Å². The second-order valence-electron chi connectivity index (χ2n) is 12.6. The largest absolute Gasteiger partial charge is 0.436 e. The van der Waals surface area contributed by atoms with Crippen LogP contribution in [0.25, 0.3) is 0 Å². The fraction of sp³-hybridized carbons (Fsp3) is 0.529. The Balaban J connectivity index is 1.10. The summed E-state index contributed by atoms with van der Waals surface area (Å²) in [6, 6.07) is 11.7. The number of piperidine rings is 1. The fourth-order valence-corrected chi connectivity index (χ4v) is 8.61. The molecular formula is C34H41Br2N5O7. The van der Waals surface area contributed by atoms with Gasteiger partial charge in [-0.15, -0.1) is 0 Å². The van der Waals surface area contributed by atoms with Crippen molar-refractivity contribution in [2.75, 3.05) is 64.3 Å². The second-order valence-corrected chi connectivity index (χ2v) is 14.3. The molecule has 2 aromatic carbocycles. The van der Waals surface area contributed by atoms with Gasteiger partial charge in [-0.1, -0.05) is 18.2 Å². The maximum Gasteiger partial charge on any atom is 0.410 e. The van der Waals surface area contributed by atoms with E-state index in [1.54, 1.807) is 21.9 Å². The van der Waals surface area contributed by atoms with Gasteiger partial charge in [-0.05, 0) is 93.3 Å². The predicted molar refractivity (Wildman–Crippen MR) is 185 cm³/mol. The molecule has 0 bridgehead atoms. The molecule has 4 aliphatic heterocycles. The van der Waals surface area contributed by atoms with Gasteiger partial charge in [0, 0.05) is 83.2 Å². The number of urea groups is 1. The van der Waals surface area contributed by atoms with E-state index in [2.05, 4.69) is 42.1 Å². The molecule has 0 radical (unpaired) electrons. The van der Waals surface area contributed by atoms with Crippen molar-refractivity contribution in [2.24, 2.45) is 0 Å². The number of hydrogen-bond donors (Lipinski definition) is 1. The standard InChI is InChI=1S/C34H41Br2N5O7/c35-27-19-23(20-28(36)31(27)47-22-42)21-30(32(43)39-15-13-38(14-16-39)25-8-17-46-18-9-25)48-34(45)40-10-6-26(7-11-40)41-12-5-24-3-1-2-4-29(24)37-33(41)44/h1-4,19-20,22,25-26,30H,5-18,21H2,(H,37,44)/t30-/m1/s1. The van der Waals surface area contributed by atoms with Crippen LogP contribution >= 0.6 is 31.9 Å². The number of hydrogen-bond acceptors (Lipinski definition) is 8. The first kappa shape index (κ1) is 34.7. The van der Waals surface area contributed by atoms with Gasteiger partial charge in [-0.3, -0.25) is 14.5 Å². The molecule has 4 aliphatic rings. The fourth-order valence-electron chi connectivity index (χ4n) is 7.14. The predicted octanol–water partition coefficient (Wildman–Crippen LogP) is 4.67.